The van der Waals surface area contributed by atoms with Gasteiger partial charge in [-0.1, -0.05) is 0 Å². The first kappa shape index (κ1) is 7.72. The minimum absolute atomic E-state index is 0.262. The van der Waals surface area contributed by atoms with Gasteiger partial charge < -0.3 is 5.21 Å². The number of hydrogen-bond donors (Lipinski definition) is 1. The highest BCUT2D eigenvalue weighted by Gasteiger charge is 2.12. The molecule has 2 aromatic heterocycles. The third kappa shape index (κ3) is 1.05. The van der Waals surface area contributed by atoms with Crippen LogP contribution in [0.25, 0.3) is 11.2 Å². The first-order chi connectivity index (χ1) is 6.20. The Morgan fingerprint density at radius 1 is 1.62 bits per heavy atom. The van der Waals surface area contributed by atoms with Crippen molar-refractivity contribution < 1.29 is 9.63 Å². The van der Waals surface area contributed by atoms with Gasteiger partial charge in [-0.05, 0) is 13.0 Å². The van der Waals surface area contributed by atoms with E-state index < -0.39 is 0 Å². The van der Waals surface area contributed by atoms with Crippen molar-refractivity contribution in [3.8, 4) is 0 Å². The van der Waals surface area contributed by atoms with E-state index in [0.29, 0.717) is 15.6 Å². The lowest BCUT2D eigenvalue weighted by molar-refractivity contribution is -0.465. The van der Waals surface area contributed by atoms with Crippen LogP contribution >= 0.6 is 0 Å². The first-order valence-corrected chi connectivity index (χ1v) is 3.79. The molecule has 0 saturated carbocycles. The Kier molecular flexibility index (Phi) is 1.51. The van der Waals surface area contributed by atoms with Crippen LogP contribution in [-0.2, 0) is 0 Å². The number of fused-ring (bicyclic) bond motifs is 1. The van der Waals surface area contributed by atoms with Gasteiger partial charge in [0.05, 0.1) is 4.43 Å². The summed E-state index contributed by atoms with van der Waals surface area (Å²) in [5.74, 6) is 0. The first-order valence-electron chi connectivity index (χ1n) is 3.79. The third-order valence-corrected chi connectivity index (χ3v) is 1.84. The summed E-state index contributed by atoms with van der Waals surface area (Å²) in [4.78, 5) is 15.2. The molecule has 0 amide bonds. The maximum Gasteiger partial charge on any atom is 0.308 e. The molecular formula is C8H8N3O2+. The fourth-order valence-corrected chi connectivity index (χ4v) is 1.18. The summed E-state index contributed by atoms with van der Waals surface area (Å²) >= 11 is 0. The van der Waals surface area contributed by atoms with E-state index in [2.05, 4.69) is 4.98 Å². The second kappa shape index (κ2) is 2.55. The fourth-order valence-electron chi connectivity index (χ4n) is 1.18. The molecule has 0 aliphatic rings. The Bertz CT molecular complexity index is 518. The topological polar surface area (TPSA) is 61.0 Å². The third-order valence-electron chi connectivity index (χ3n) is 1.84. The number of aryl methyl sites for hydroxylation is 1. The molecule has 0 aliphatic heterocycles. The Morgan fingerprint density at radius 2 is 2.38 bits per heavy atom. The molecule has 0 aromatic carbocycles. The maximum absolute atomic E-state index is 11.3. The highest BCUT2D eigenvalue weighted by molar-refractivity contribution is 5.65. The number of pyridine rings is 1. The van der Waals surface area contributed by atoms with Crippen LogP contribution in [0, 0.1) is 11.8 Å². The summed E-state index contributed by atoms with van der Waals surface area (Å²) in [5.41, 5.74) is 1.05. The van der Waals surface area contributed by atoms with Crippen molar-refractivity contribution >= 4 is 11.2 Å². The van der Waals surface area contributed by atoms with Gasteiger partial charge in [-0.15, -0.1) is 0 Å². The average Bonchev–Trinajstić information content (AvgIpc) is 2.15. The van der Waals surface area contributed by atoms with E-state index in [4.69, 9.17) is 0 Å². The Balaban J connectivity index is 3.06. The SMILES string of the molecule is Cc1c[n+](=O)c2cccnc2n1O. The molecule has 2 rings (SSSR count). The minimum Gasteiger partial charge on any atom is -0.426 e. The summed E-state index contributed by atoms with van der Waals surface area (Å²) in [7, 11) is 0. The van der Waals surface area contributed by atoms with Crippen molar-refractivity contribution in [3.05, 3.63) is 35.1 Å². The summed E-state index contributed by atoms with van der Waals surface area (Å²) in [6, 6.07) is 3.24. The van der Waals surface area contributed by atoms with Gasteiger partial charge >= 0.3 is 5.52 Å². The monoisotopic (exact) mass is 178 g/mol. The number of rotatable bonds is 0. The summed E-state index contributed by atoms with van der Waals surface area (Å²) in [6.45, 7) is 1.63. The van der Waals surface area contributed by atoms with Gasteiger partial charge in [0, 0.05) is 17.2 Å². The van der Waals surface area contributed by atoms with Gasteiger partial charge in [0.2, 0.25) is 5.65 Å². The van der Waals surface area contributed by atoms with Gasteiger partial charge in [-0.25, -0.2) is 4.98 Å². The van der Waals surface area contributed by atoms with E-state index in [9.17, 15) is 10.1 Å². The van der Waals surface area contributed by atoms with E-state index >= 15 is 0 Å². The van der Waals surface area contributed by atoms with Crippen molar-refractivity contribution in [2.24, 2.45) is 0 Å². The molecule has 5 heteroatoms. The zero-order valence-electron chi connectivity index (χ0n) is 7.01. The largest absolute Gasteiger partial charge is 0.426 e. The van der Waals surface area contributed by atoms with Gasteiger partial charge in [0.25, 0.3) is 6.20 Å². The number of nitrogens with zero attached hydrogens (tertiary/aromatic N) is 3. The molecular weight excluding hydrogens is 170 g/mol. The van der Waals surface area contributed by atoms with Crippen molar-refractivity contribution in [3.63, 3.8) is 0 Å². The fraction of sp³-hybridized carbons (Fsp3) is 0.125. The predicted octanol–water partition coefficient (Wildman–Crippen LogP) is 0.497. The van der Waals surface area contributed by atoms with Crippen LogP contribution in [0.3, 0.4) is 0 Å². The van der Waals surface area contributed by atoms with Crippen molar-refractivity contribution in [2.75, 3.05) is 0 Å². The van der Waals surface area contributed by atoms with Crippen LogP contribution < -0.4 is 4.43 Å². The molecule has 0 unspecified atom stereocenters. The lowest BCUT2D eigenvalue weighted by Gasteiger charge is -1.99. The van der Waals surface area contributed by atoms with E-state index in [0.717, 1.165) is 4.73 Å². The molecule has 0 aliphatic carbocycles. The van der Waals surface area contributed by atoms with Crippen LogP contribution in [0.5, 0.6) is 0 Å². The normalized spacial score (nSPS) is 10.5. The van der Waals surface area contributed by atoms with Gasteiger partial charge in [-0.2, -0.15) is 4.73 Å². The van der Waals surface area contributed by atoms with Gasteiger partial charge in [0.1, 0.15) is 5.69 Å². The van der Waals surface area contributed by atoms with Gasteiger partial charge in [0.15, 0.2) is 0 Å². The molecule has 2 aromatic rings. The van der Waals surface area contributed by atoms with E-state index in [1.165, 1.54) is 12.4 Å². The molecule has 0 radical (unpaired) electrons. The molecule has 0 atom stereocenters. The second-order valence-electron chi connectivity index (χ2n) is 2.75. The molecule has 66 valence electrons. The van der Waals surface area contributed by atoms with Gasteiger partial charge in [-0.3, -0.25) is 0 Å². The highest BCUT2D eigenvalue weighted by atomic mass is 16.5. The van der Waals surface area contributed by atoms with Crippen LogP contribution in [0.1, 0.15) is 5.69 Å². The van der Waals surface area contributed by atoms with Crippen LogP contribution in [0.2, 0.25) is 0 Å². The van der Waals surface area contributed by atoms with Crippen LogP contribution in [0.15, 0.2) is 24.5 Å². The molecule has 0 spiro atoms. The summed E-state index contributed by atoms with van der Waals surface area (Å²) in [6.07, 6.45) is 2.82. The van der Waals surface area contributed by atoms with Crippen molar-refractivity contribution in [2.45, 2.75) is 6.92 Å². The van der Waals surface area contributed by atoms with Crippen molar-refractivity contribution in [1.29, 1.82) is 0 Å². The van der Waals surface area contributed by atoms with Crippen LogP contribution in [-0.4, -0.2) is 14.9 Å². The number of aromatic nitrogens is 3. The Hall–Kier alpha value is -1.91. The molecule has 5 nitrogen and oxygen atoms in total. The Morgan fingerprint density at radius 3 is 3.15 bits per heavy atom. The smallest absolute Gasteiger partial charge is 0.308 e. The number of hydrogen-bond acceptors (Lipinski definition) is 3. The van der Waals surface area contributed by atoms with E-state index in [1.54, 1.807) is 19.1 Å². The Labute approximate surface area is 73.5 Å². The quantitative estimate of drug-likeness (QED) is 0.472. The van der Waals surface area contributed by atoms with Crippen LogP contribution in [0.4, 0.5) is 0 Å². The molecule has 13 heavy (non-hydrogen) atoms. The van der Waals surface area contributed by atoms with Crippen molar-refractivity contribution in [1.82, 2.24) is 9.71 Å². The standard InChI is InChI=1S/C8H8N3O2/c1-6-5-10(12)7-3-2-4-9-8(7)11(6)13/h2-5,13H,1H3/q+1. The maximum atomic E-state index is 11.3. The zero-order valence-corrected chi connectivity index (χ0v) is 7.01. The highest BCUT2D eigenvalue weighted by Crippen LogP contribution is 2.05. The lowest BCUT2D eigenvalue weighted by atomic mass is 10.4. The molecule has 2 heterocycles. The molecule has 0 bridgehead atoms. The van der Waals surface area contributed by atoms with E-state index in [1.807, 2.05) is 0 Å². The minimum atomic E-state index is 0.262. The summed E-state index contributed by atoms with van der Waals surface area (Å²) < 4.78 is 1.58. The predicted molar refractivity (Wildman–Crippen MR) is 45.0 cm³/mol. The zero-order chi connectivity index (χ0) is 9.42. The second-order valence-corrected chi connectivity index (χ2v) is 2.75. The van der Waals surface area contributed by atoms with E-state index in [-0.39, 0.29) is 5.65 Å². The molecule has 1 N–H and O–H groups in total. The molecule has 0 saturated heterocycles. The average molecular weight is 178 g/mol. The lowest BCUT2D eigenvalue weighted by Crippen LogP contribution is -2.20. The molecule has 0 fully saturated rings. The summed E-state index contributed by atoms with van der Waals surface area (Å²) in [5, 5.41) is 9.48.